The number of ether oxygens (including phenoxy) is 1. The maximum Gasteiger partial charge on any atom is 0.349 e. The summed E-state index contributed by atoms with van der Waals surface area (Å²) < 4.78 is 31.6. The van der Waals surface area contributed by atoms with Gasteiger partial charge in [-0.1, -0.05) is 0 Å². The van der Waals surface area contributed by atoms with E-state index in [-0.39, 0.29) is 15.5 Å². The summed E-state index contributed by atoms with van der Waals surface area (Å²) in [7, 11) is -2.71. The second-order valence-corrected chi connectivity index (χ2v) is 6.30. The first kappa shape index (κ1) is 14.4. The lowest BCUT2D eigenvalue weighted by molar-refractivity contribution is 0.0602. The molecule has 2 aromatic heterocycles. The third kappa shape index (κ3) is 2.78. The molecule has 0 atom stereocenters. The molecule has 2 aromatic rings. The number of hydrogen-bond acceptors (Lipinski definition) is 7. The number of hydrogen-bond donors (Lipinski definition) is 1. The van der Waals surface area contributed by atoms with E-state index in [2.05, 4.69) is 19.4 Å². The van der Waals surface area contributed by atoms with Crippen LogP contribution in [0.15, 0.2) is 29.0 Å². The van der Waals surface area contributed by atoms with Crippen LogP contribution in [0.5, 0.6) is 0 Å². The number of esters is 1. The molecule has 0 aliphatic heterocycles. The molecular weight excluding hydrogens is 302 g/mol. The van der Waals surface area contributed by atoms with Gasteiger partial charge in [-0.25, -0.2) is 23.2 Å². The monoisotopic (exact) mass is 313 g/mol. The Bertz CT molecular complexity index is 725. The normalized spacial score (nSPS) is 11.1. The lowest BCUT2D eigenvalue weighted by atomic mass is 10.3. The molecule has 0 radical (unpaired) electrons. The Morgan fingerprint density at radius 3 is 2.60 bits per heavy atom. The minimum Gasteiger partial charge on any atom is -0.465 e. The number of rotatable bonds is 4. The van der Waals surface area contributed by atoms with Crippen LogP contribution >= 0.6 is 11.3 Å². The van der Waals surface area contributed by atoms with Crippen molar-refractivity contribution >= 4 is 33.0 Å². The van der Waals surface area contributed by atoms with Crippen molar-refractivity contribution in [2.45, 2.75) is 11.8 Å². The summed E-state index contributed by atoms with van der Waals surface area (Å²) in [6.07, 6.45) is 3.93. The number of carbonyl (C=O) groups excluding carboxylic acids is 1. The predicted octanol–water partition coefficient (Wildman–Crippen LogP) is 1.43. The highest BCUT2D eigenvalue weighted by molar-refractivity contribution is 7.93. The molecule has 0 saturated heterocycles. The molecule has 106 valence electrons. The third-order valence-electron chi connectivity index (χ3n) is 2.37. The molecule has 2 rings (SSSR count). The van der Waals surface area contributed by atoms with Crippen LogP contribution in [0.1, 0.15) is 15.2 Å². The van der Waals surface area contributed by atoms with Crippen LogP contribution in [0, 0.1) is 6.92 Å². The van der Waals surface area contributed by atoms with E-state index in [9.17, 15) is 13.2 Å². The highest BCUT2D eigenvalue weighted by atomic mass is 32.2. The van der Waals surface area contributed by atoms with Crippen molar-refractivity contribution in [2.24, 2.45) is 0 Å². The summed E-state index contributed by atoms with van der Waals surface area (Å²) in [4.78, 5) is 19.0. The maximum absolute atomic E-state index is 12.4. The van der Waals surface area contributed by atoms with Gasteiger partial charge in [0.25, 0.3) is 10.0 Å². The van der Waals surface area contributed by atoms with Crippen molar-refractivity contribution in [3.05, 3.63) is 34.5 Å². The minimum absolute atomic E-state index is 0.0364. The Kier molecular flexibility index (Phi) is 4.00. The molecule has 0 spiro atoms. The molecule has 0 aromatic carbocycles. The maximum atomic E-state index is 12.4. The second-order valence-electron chi connectivity index (χ2n) is 3.80. The summed E-state index contributed by atoms with van der Waals surface area (Å²) >= 11 is 1.02. The number of aromatic nitrogens is 2. The molecule has 0 amide bonds. The van der Waals surface area contributed by atoms with Crippen LogP contribution in [-0.4, -0.2) is 31.5 Å². The average Bonchev–Trinajstić information content (AvgIpc) is 2.81. The number of nitrogens with one attached hydrogen (secondary N) is 1. The molecule has 20 heavy (non-hydrogen) atoms. The van der Waals surface area contributed by atoms with Crippen LogP contribution in [0.25, 0.3) is 0 Å². The van der Waals surface area contributed by atoms with Gasteiger partial charge in [-0.15, -0.1) is 11.3 Å². The number of thiophene rings is 1. The first-order valence-electron chi connectivity index (χ1n) is 5.40. The van der Waals surface area contributed by atoms with Crippen LogP contribution < -0.4 is 4.72 Å². The van der Waals surface area contributed by atoms with E-state index >= 15 is 0 Å². The predicted molar refractivity (Wildman–Crippen MR) is 73.2 cm³/mol. The van der Waals surface area contributed by atoms with Gasteiger partial charge in [-0.05, 0) is 17.9 Å². The number of sulfonamides is 1. The van der Waals surface area contributed by atoms with Crippen molar-refractivity contribution in [3.63, 3.8) is 0 Å². The van der Waals surface area contributed by atoms with Gasteiger partial charge in [0.05, 0.1) is 25.2 Å². The smallest absolute Gasteiger partial charge is 0.349 e. The van der Waals surface area contributed by atoms with Gasteiger partial charge >= 0.3 is 5.97 Å². The zero-order valence-electron chi connectivity index (χ0n) is 10.7. The van der Waals surface area contributed by atoms with Gasteiger partial charge in [0.1, 0.15) is 16.1 Å². The molecule has 0 bridgehead atoms. The number of carbonyl (C=O) groups is 1. The average molecular weight is 313 g/mol. The SMILES string of the molecule is COC(=O)c1scc(C)c1S(=O)(=O)Nc1cncnc1. The Hall–Kier alpha value is -2.00. The van der Waals surface area contributed by atoms with Crippen LogP contribution in [0.3, 0.4) is 0 Å². The molecule has 0 aliphatic rings. The largest absolute Gasteiger partial charge is 0.465 e. The standard InChI is InChI=1S/C11H11N3O4S2/c1-7-5-19-9(11(15)18-2)10(7)20(16,17)14-8-3-12-6-13-4-8/h3-6,14H,1-2H3. The van der Waals surface area contributed by atoms with Gasteiger partial charge < -0.3 is 4.74 Å². The number of methoxy groups -OCH3 is 1. The summed E-state index contributed by atoms with van der Waals surface area (Å²) in [5, 5.41) is 1.59. The molecule has 0 saturated carbocycles. The first-order chi connectivity index (χ1) is 9.45. The van der Waals surface area contributed by atoms with Gasteiger partial charge in [-0.3, -0.25) is 4.72 Å². The topological polar surface area (TPSA) is 98.2 Å². The summed E-state index contributed by atoms with van der Waals surface area (Å²) in [5.74, 6) is -0.687. The van der Waals surface area contributed by atoms with Crippen molar-refractivity contribution in [2.75, 3.05) is 11.8 Å². The Morgan fingerprint density at radius 2 is 2.00 bits per heavy atom. The number of nitrogens with zero attached hydrogens (tertiary/aromatic N) is 2. The lowest BCUT2D eigenvalue weighted by Gasteiger charge is -2.08. The Balaban J connectivity index is 2.45. The molecule has 0 unspecified atom stereocenters. The molecule has 0 aliphatic carbocycles. The highest BCUT2D eigenvalue weighted by Crippen LogP contribution is 2.28. The third-order valence-corrected chi connectivity index (χ3v) is 5.15. The quantitative estimate of drug-likeness (QED) is 0.857. The van der Waals surface area contributed by atoms with Gasteiger partial charge in [0.2, 0.25) is 0 Å². The van der Waals surface area contributed by atoms with Crippen molar-refractivity contribution < 1.29 is 17.9 Å². The van der Waals surface area contributed by atoms with E-state index in [4.69, 9.17) is 0 Å². The Labute approximate surface area is 119 Å². The number of aryl methyl sites for hydroxylation is 1. The Morgan fingerprint density at radius 1 is 1.35 bits per heavy atom. The fourth-order valence-electron chi connectivity index (χ4n) is 1.56. The lowest BCUT2D eigenvalue weighted by Crippen LogP contribution is -2.17. The summed E-state index contributed by atoms with van der Waals surface area (Å²) in [6, 6.07) is 0. The molecule has 1 N–H and O–H groups in total. The van der Waals surface area contributed by atoms with Gasteiger partial charge in [0, 0.05) is 0 Å². The first-order valence-corrected chi connectivity index (χ1v) is 7.76. The van der Waals surface area contributed by atoms with Crippen molar-refractivity contribution in [1.82, 2.24) is 9.97 Å². The van der Waals surface area contributed by atoms with Crippen LogP contribution in [-0.2, 0) is 14.8 Å². The van der Waals surface area contributed by atoms with Crippen molar-refractivity contribution in [1.29, 1.82) is 0 Å². The van der Waals surface area contributed by atoms with Crippen LogP contribution in [0.2, 0.25) is 0 Å². The van der Waals surface area contributed by atoms with E-state index in [0.717, 1.165) is 11.3 Å². The molecule has 0 fully saturated rings. The van der Waals surface area contributed by atoms with E-state index in [1.807, 2.05) is 0 Å². The minimum atomic E-state index is -3.91. The highest BCUT2D eigenvalue weighted by Gasteiger charge is 2.27. The van der Waals surface area contributed by atoms with E-state index in [1.54, 1.807) is 12.3 Å². The zero-order valence-corrected chi connectivity index (χ0v) is 12.3. The van der Waals surface area contributed by atoms with E-state index < -0.39 is 16.0 Å². The second kappa shape index (κ2) is 5.55. The summed E-state index contributed by atoms with van der Waals surface area (Å²) in [5.41, 5.74) is 0.689. The van der Waals surface area contributed by atoms with E-state index in [1.165, 1.54) is 25.8 Å². The molecule has 2 heterocycles. The fourth-order valence-corrected chi connectivity index (χ4v) is 4.29. The molecular formula is C11H11N3O4S2. The molecule has 7 nitrogen and oxygen atoms in total. The van der Waals surface area contributed by atoms with Crippen molar-refractivity contribution in [3.8, 4) is 0 Å². The fraction of sp³-hybridized carbons (Fsp3) is 0.182. The number of anilines is 1. The molecule has 9 heteroatoms. The van der Waals surface area contributed by atoms with Gasteiger partial charge in [-0.2, -0.15) is 0 Å². The van der Waals surface area contributed by atoms with E-state index in [0.29, 0.717) is 5.56 Å². The zero-order chi connectivity index (χ0) is 14.8. The summed E-state index contributed by atoms with van der Waals surface area (Å²) in [6.45, 7) is 1.61. The van der Waals surface area contributed by atoms with Crippen LogP contribution in [0.4, 0.5) is 5.69 Å². The van der Waals surface area contributed by atoms with Gasteiger partial charge in [0.15, 0.2) is 0 Å².